The Labute approximate surface area is 84.1 Å². The summed E-state index contributed by atoms with van der Waals surface area (Å²) in [6.45, 7) is 4.14. The Bertz CT molecular complexity index is 334. The normalized spacial score (nSPS) is 9.64. The molecule has 14 heavy (non-hydrogen) atoms. The van der Waals surface area contributed by atoms with Crippen LogP contribution in [0.5, 0.6) is 0 Å². The van der Waals surface area contributed by atoms with Gasteiger partial charge in [-0.2, -0.15) is 0 Å². The lowest BCUT2D eigenvalue weighted by Crippen LogP contribution is -2.11. The van der Waals surface area contributed by atoms with E-state index in [0.29, 0.717) is 0 Å². The SMILES string of the molecule is CCc1ccc(NC(=O)OC)cc1C. The Hall–Kier alpha value is -1.51. The zero-order valence-electron chi connectivity index (χ0n) is 8.76. The monoisotopic (exact) mass is 193 g/mol. The molecule has 0 fully saturated rings. The van der Waals surface area contributed by atoms with Crippen molar-refractivity contribution in [2.24, 2.45) is 0 Å². The first-order valence-electron chi connectivity index (χ1n) is 4.62. The Morgan fingerprint density at radius 2 is 2.21 bits per heavy atom. The highest BCUT2D eigenvalue weighted by molar-refractivity contribution is 5.84. The Balaban J connectivity index is 2.81. The molecule has 1 aromatic carbocycles. The molecular weight excluding hydrogens is 178 g/mol. The number of hydrogen-bond donors (Lipinski definition) is 1. The molecule has 1 aromatic rings. The molecule has 0 aliphatic rings. The quantitative estimate of drug-likeness (QED) is 0.784. The summed E-state index contributed by atoms with van der Waals surface area (Å²) in [5.41, 5.74) is 3.24. The van der Waals surface area contributed by atoms with Gasteiger partial charge in [-0.25, -0.2) is 4.79 Å². The summed E-state index contributed by atoms with van der Waals surface area (Å²) in [6, 6.07) is 5.83. The molecule has 0 aliphatic heterocycles. The topological polar surface area (TPSA) is 38.3 Å². The van der Waals surface area contributed by atoms with Crippen LogP contribution in [0.2, 0.25) is 0 Å². The van der Waals surface area contributed by atoms with Crippen LogP contribution >= 0.6 is 0 Å². The fourth-order valence-electron chi connectivity index (χ4n) is 1.34. The molecule has 0 bridgehead atoms. The number of anilines is 1. The summed E-state index contributed by atoms with van der Waals surface area (Å²) in [5.74, 6) is 0. The number of nitrogens with one attached hydrogen (secondary N) is 1. The van der Waals surface area contributed by atoms with E-state index in [1.807, 2.05) is 25.1 Å². The van der Waals surface area contributed by atoms with Gasteiger partial charge in [0.1, 0.15) is 0 Å². The second kappa shape index (κ2) is 4.65. The predicted molar refractivity (Wildman–Crippen MR) is 56.6 cm³/mol. The average Bonchev–Trinajstić information content (AvgIpc) is 2.18. The molecule has 3 heteroatoms. The van der Waals surface area contributed by atoms with Gasteiger partial charge in [0.05, 0.1) is 7.11 Å². The summed E-state index contributed by atoms with van der Waals surface area (Å²) in [7, 11) is 1.35. The molecule has 0 saturated heterocycles. The summed E-state index contributed by atoms with van der Waals surface area (Å²) >= 11 is 0. The van der Waals surface area contributed by atoms with Gasteiger partial charge in [0.15, 0.2) is 0 Å². The van der Waals surface area contributed by atoms with Crippen LogP contribution in [-0.2, 0) is 11.2 Å². The van der Waals surface area contributed by atoms with Gasteiger partial charge in [0.25, 0.3) is 0 Å². The second-order valence-electron chi connectivity index (χ2n) is 3.11. The van der Waals surface area contributed by atoms with E-state index in [4.69, 9.17) is 0 Å². The van der Waals surface area contributed by atoms with E-state index in [2.05, 4.69) is 17.0 Å². The molecule has 0 radical (unpaired) electrons. The van der Waals surface area contributed by atoms with E-state index in [0.717, 1.165) is 12.1 Å². The first-order chi connectivity index (χ1) is 6.67. The van der Waals surface area contributed by atoms with E-state index in [9.17, 15) is 4.79 Å². The van der Waals surface area contributed by atoms with Crippen molar-refractivity contribution >= 4 is 11.8 Å². The zero-order chi connectivity index (χ0) is 10.6. The van der Waals surface area contributed by atoms with Gasteiger partial charge in [-0.05, 0) is 36.6 Å². The third-order valence-electron chi connectivity index (χ3n) is 2.16. The Kier molecular flexibility index (Phi) is 3.51. The number of carbonyl (C=O) groups excluding carboxylic acids is 1. The van der Waals surface area contributed by atoms with Gasteiger partial charge in [-0.1, -0.05) is 13.0 Å². The second-order valence-corrected chi connectivity index (χ2v) is 3.11. The molecule has 0 aliphatic carbocycles. The van der Waals surface area contributed by atoms with Crippen molar-refractivity contribution < 1.29 is 9.53 Å². The van der Waals surface area contributed by atoms with E-state index in [1.54, 1.807) is 0 Å². The standard InChI is InChI=1S/C11H15NO2/c1-4-9-5-6-10(7-8(9)2)12-11(13)14-3/h5-7H,4H2,1-3H3,(H,12,13). The van der Waals surface area contributed by atoms with Crippen molar-refractivity contribution in [3.63, 3.8) is 0 Å². The maximum absolute atomic E-state index is 10.9. The number of benzene rings is 1. The molecule has 0 spiro atoms. The van der Waals surface area contributed by atoms with Crippen LogP contribution in [0.4, 0.5) is 10.5 Å². The molecule has 0 saturated carbocycles. The van der Waals surface area contributed by atoms with Crippen molar-refractivity contribution in [2.75, 3.05) is 12.4 Å². The molecular formula is C11H15NO2. The molecule has 1 amide bonds. The molecule has 0 atom stereocenters. The van der Waals surface area contributed by atoms with E-state index < -0.39 is 6.09 Å². The minimum atomic E-state index is -0.436. The summed E-state index contributed by atoms with van der Waals surface area (Å²) < 4.78 is 4.50. The number of hydrogen-bond acceptors (Lipinski definition) is 2. The summed E-state index contributed by atoms with van der Waals surface area (Å²) in [4.78, 5) is 10.9. The van der Waals surface area contributed by atoms with Gasteiger partial charge in [0, 0.05) is 5.69 Å². The number of carbonyl (C=O) groups is 1. The van der Waals surface area contributed by atoms with Crippen LogP contribution in [0.1, 0.15) is 18.1 Å². The van der Waals surface area contributed by atoms with E-state index >= 15 is 0 Å². The van der Waals surface area contributed by atoms with Crippen LogP contribution in [0.25, 0.3) is 0 Å². The lowest BCUT2D eigenvalue weighted by molar-refractivity contribution is 0.187. The number of aryl methyl sites for hydroxylation is 2. The third kappa shape index (κ3) is 2.49. The predicted octanol–water partition coefficient (Wildman–Crippen LogP) is 2.74. The van der Waals surface area contributed by atoms with Crippen molar-refractivity contribution in [1.82, 2.24) is 0 Å². The van der Waals surface area contributed by atoms with Crippen molar-refractivity contribution in [2.45, 2.75) is 20.3 Å². The maximum atomic E-state index is 10.9. The van der Waals surface area contributed by atoms with Crippen molar-refractivity contribution in [1.29, 1.82) is 0 Å². The Morgan fingerprint density at radius 3 is 2.71 bits per heavy atom. The highest BCUT2D eigenvalue weighted by Gasteiger charge is 2.02. The minimum absolute atomic E-state index is 0.436. The number of amides is 1. The first kappa shape index (κ1) is 10.6. The van der Waals surface area contributed by atoms with Crippen molar-refractivity contribution in [3.8, 4) is 0 Å². The lowest BCUT2D eigenvalue weighted by Gasteiger charge is -2.07. The van der Waals surface area contributed by atoms with Crippen LogP contribution in [0, 0.1) is 6.92 Å². The molecule has 3 nitrogen and oxygen atoms in total. The van der Waals surface area contributed by atoms with Gasteiger partial charge in [0.2, 0.25) is 0 Å². The summed E-state index contributed by atoms with van der Waals surface area (Å²) in [6.07, 6.45) is 0.568. The molecule has 0 heterocycles. The highest BCUT2D eigenvalue weighted by atomic mass is 16.5. The molecule has 1 N–H and O–H groups in total. The average molecular weight is 193 g/mol. The first-order valence-corrected chi connectivity index (χ1v) is 4.62. The molecule has 0 unspecified atom stereocenters. The molecule has 0 aromatic heterocycles. The summed E-state index contributed by atoms with van der Waals surface area (Å²) in [5, 5.41) is 2.62. The third-order valence-corrected chi connectivity index (χ3v) is 2.16. The number of ether oxygens (including phenoxy) is 1. The number of rotatable bonds is 2. The van der Waals surface area contributed by atoms with Crippen LogP contribution < -0.4 is 5.32 Å². The highest BCUT2D eigenvalue weighted by Crippen LogP contribution is 2.15. The van der Waals surface area contributed by atoms with E-state index in [1.165, 1.54) is 18.2 Å². The van der Waals surface area contributed by atoms with Crippen LogP contribution in [0.3, 0.4) is 0 Å². The fourth-order valence-corrected chi connectivity index (χ4v) is 1.34. The van der Waals surface area contributed by atoms with Gasteiger partial charge < -0.3 is 4.74 Å². The minimum Gasteiger partial charge on any atom is -0.453 e. The van der Waals surface area contributed by atoms with E-state index in [-0.39, 0.29) is 0 Å². The van der Waals surface area contributed by atoms with Crippen LogP contribution in [0.15, 0.2) is 18.2 Å². The Morgan fingerprint density at radius 1 is 1.50 bits per heavy atom. The zero-order valence-corrected chi connectivity index (χ0v) is 8.76. The number of methoxy groups -OCH3 is 1. The largest absolute Gasteiger partial charge is 0.453 e. The maximum Gasteiger partial charge on any atom is 0.411 e. The fraction of sp³-hybridized carbons (Fsp3) is 0.364. The molecule has 1 rings (SSSR count). The smallest absolute Gasteiger partial charge is 0.411 e. The van der Waals surface area contributed by atoms with Gasteiger partial charge >= 0.3 is 6.09 Å². The lowest BCUT2D eigenvalue weighted by atomic mass is 10.1. The van der Waals surface area contributed by atoms with Crippen LogP contribution in [-0.4, -0.2) is 13.2 Å². The van der Waals surface area contributed by atoms with Crippen molar-refractivity contribution in [3.05, 3.63) is 29.3 Å². The van der Waals surface area contributed by atoms with Gasteiger partial charge in [-0.3, -0.25) is 5.32 Å². The van der Waals surface area contributed by atoms with Gasteiger partial charge in [-0.15, -0.1) is 0 Å². The molecule has 76 valence electrons.